The van der Waals surface area contributed by atoms with Gasteiger partial charge in [0, 0.05) is 0 Å². The van der Waals surface area contributed by atoms with Gasteiger partial charge < -0.3 is 0 Å². The lowest BCUT2D eigenvalue weighted by atomic mass is 10.0. The molecule has 0 aliphatic heterocycles. The monoisotopic (exact) mass is 230 g/mol. The molecule has 0 atom stereocenters. The van der Waals surface area contributed by atoms with Crippen LogP contribution in [0.25, 0.3) is 0 Å². The number of hydrogen-bond donors (Lipinski definition) is 0. The Morgan fingerprint density at radius 3 is 2.58 bits per heavy atom. The standard InChI is InChI=1S/C10H12BrF/c1-7(2)5-8-3-4-9(11)10(12)6-8/h3-4,6-7H,5H2,1-2H3. The smallest absolute Gasteiger partial charge is 0.137 e. The Balaban J connectivity index is 2.82. The van der Waals surface area contributed by atoms with Gasteiger partial charge in [0.25, 0.3) is 0 Å². The molecule has 0 saturated carbocycles. The minimum Gasteiger partial charge on any atom is -0.206 e. The summed E-state index contributed by atoms with van der Waals surface area (Å²) in [4.78, 5) is 0. The molecule has 0 saturated heterocycles. The van der Waals surface area contributed by atoms with Crippen LogP contribution in [-0.2, 0) is 6.42 Å². The van der Waals surface area contributed by atoms with Crippen molar-refractivity contribution in [3.63, 3.8) is 0 Å². The zero-order valence-electron chi connectivity index (χ0n) is 7.27. The van der Waals surface area contributed by atoms with Gasteiger partial charge in [-0.05, 0) is 46.0 Å². The van der Waals surface area contributed by atoms with Gasteiger partial charge in [0.1, 0.15) is 5.82 Å². The summed E-state index contributed by atoms with van der Waals surface area (Å²) in [6.07, 6.45) is 0.935. The molecular weight excluding hydrogens is 219 g/mol. The van der Waals surface area contributed by atoms with E-state index in [-0.39, 0.29) is 5.82 Å². The van der Waals surface area contributed by atoms with Gasteiger partial charge in [-0.3, -0.25) is 0 Å². The fourth-order valence-corrected chi connectivity index (χ4v) is 1.38. The molecule has 66 valence electrons. The van der Waals surface area contributed by atoms with Crippen LogP contribution in [0.4, 0.5) is 4.39 Å². The zero-order chi connectivity index (χ0) is 9.14. The summed E-state index contributed by atoms with van der Waals surface area (Å²) in [5.41, 5.74) is 1.06. The molecule has 0 bridgehead atoms. The van der Waals surface area contributed by atoms with Crippen LogP contribution >= 0.6 is 15.9 Å². The summed E-state index contributed by atoms with van der Waals surface area (Å²) in [7, 11) is 0. The predicted octanol–water partition coefficient (Wildman–Crippen LogP) is 3.79. The summed E-state index contributed by atoms with van der Waals surface area (Å²) in [5.74, 6) is 0.402. The fourth-order valence-electron chi connectivity index (χ4n) is 1.14. The summed E-state index contributed by atoms with van der Waals surface area (Å²) in [5, 5.41) is 0. The average molecular weight is 231 g/mol. The first-order chi connectivity index (χ1) is 5.59. The number of benzene rings is 1. The van der Waals surface area contributed by atoms with Crippen molar-refractivity contribution in [1.29, 1.82) is 0 Å². The topological polar surface area (TPSA) is 0 Å². The molecule has 0 fully saturated rings. The van der Waals surface area contributed by atoms with E-state index in [2.05, 4.69) is 29.8 Å². The first-order valence-corrected chi connectivity index (χ1v) is 4.83. The molecule has 1 aromatic carbocycles. The van der Waals surface area contributed by atoms with Gasteiger partial charge in [0.05, 0.1) is 4.47 Å². The highest BCUT2D eigenvalue weighted by atomic mass is 79.9. The first-order valence-electron chi connectivity index (χ1n) is 4.03. The number of halogens is 2. The van der Waals surface area contributed by atoms with Crippen molar-refractivity contribution >= 4 is 15.9 Å². The van der Waals surface area contributed by atoms with E-state index in [1.54, 1.807) is 12.1 Å². The summed E-state index contributed by atoms with van der Waals surface area (Å²) in [6, 6.07) is 5.30. The van der Waals surface area contributed by atoms with E-state index in [1.807, 2.05) is 6.07 Å². The Morgan fingerprint density at radius 2 is 2.08 bits per heavy atom. The molecule has 2 heteroatoms. The Bertz CT molecular complexity index is 269. The number of hydrogen-bond acceptors (Lipinski definition) is 0. The van der Waals surface area contributed by atoms with Crippen LogP contribution in [0.15, 0.2) is 22.7 Å². The molecule has 1 rings (SSSR count). The average Bonchev–Trinajstić information content (AvgIpc) is 1.96. The highest BCUT2D eigenvalue weighted by Gasteiger charge is 2.01. The predicted molar refractivity (Wildman–Crippen MR) is 52.6 cm³/mol. The van der Waals surface area contributed by atoms with E-state index in [0.29, 0.717) is 10.4 Å². The van der Waals surface area contributed by atoms with Crippen molar-refractivity contribution in [2.75, 3.05) is 0 Å². The Hall–Kier alpha value is -0.370. The highest BCUT2D eigenvalue weighted by molar-refractivity contribution is 9.10. The van der Waals surface area contributed by atoms with Gasteiger partial charge in [-0.2, -0.15) is 0 Å². The third-order valence-corrected chi connectivity index (χ3v) is 2.27. The van der Waals surface area contributed by atoms with Crippen molar-refractivity contribution in [1.82, 2.24) is 0 Å². The minimum absolute atomic E-state index is 0.173. The zero-order valence-corrected chi connectivity index (χ0v) is 8.86. The van der Waals surface area contributed by atoms with Crippen LogP contribution in [-0.4, -0.2) is 0 Å². The summed E-state index contributed by atoms with van der Waals surface area (Å²) < 4.78 is 13.5. The molecule has 0 aliphatic carbocycles. The molecular formula is C10H12BrF. The summed E-state index contributed by atoms with van der Waals surface area (Å²) >= 11 is 3.12. The second-order valence-corrected chi connectivity index (χ2v) is 4.20. The second kappa shape index (κ2) is 4.04. The van der Waals surface area contributed by atoms with Crippen molar-refractivity contribution in [3.05, 3.63) is 34.1 Å². The van der Waals surface area contributed by atoms with E-state index >= 15 is 0 Å². The molecule has 12 heavy (non-hydrogen) atoms. The van der Waals surface area contributed by atoms with Gasteiger partial charge in [-0.25, -0.2) is 4.39 Å². The van der Waals surface area contributed by atoms with Gasteiger partial charge in [-0.1, -0.05) is 19.9 Å². The summed E-state index contributed by atoms with van der Waals surface area (Å²) in [6.45, 7) is 4.25. The van der Waals surface area contributed by atoms with Crippen LogP contribution in [0.1, 0.15) is 19.4 Å². The molecule has 0 aliphatic rings. The maximum absolute atomic E-state index is 13.0. The van der Waals surface area contributed by atoms with Crippen molar-refractivity contribution < 1.29 is 4.39 Å². The van der Waals surface area contributed by atoms with Crippen LogP contribution in [0.2, 0.25) is 0 Å². The van der Waals surface area contributed by atoms with E-state index < -0.39 is 0 Å². The number of rotatable bonds is 2. The van der Waals surface area contributed by atoms with Gasteiger partial charge in [-0.15, -0.1) is 0 Å². The highest BCUT2D eigenvalue weighted by Crippen LogP contribution is 2.18. The first kappa shape index (κ1) is 9.72. The maximum atomic E-state index is 13.0. The Morgan fingerprint density at radius 1 is 1.42 bits per heavy atom. The SMILES string of the molecule is CC(C)Cc1ccc(Br)c(F)c1. The molecule has 0 nitrogen and oxygen atoms in total. The van der Waals surface area contributed by atoms with E-state index in [1.165, 1.54) is 0 Å². The minimum atomic E-state index is -0.173. The Kier molecular flexibility index (Phi) is 3.27. The van der Waals surface area contributed by atoms with Crippen LogP contribution in [0.5, 0.6) is 0 Å². The van der Waals surface area contributed by atoms with Gasteiger partial charge in [0.2, 0.25) is 0 Å². The van der Waals surface area contributed by atoms with E-state index in [4.69, 9.17) is 0 Å². The van der Waals surface area contributed by atoms with Gasteiger partial charge >= 0.3 is 0 Å². The third-order valence-electron chi connectivity index (χ3n) is 1.63. The lowest BCUT2D eigenvalue weighted by Gasteiger charge is -2.04. The Labute approximate surface area is 80.9 Å². The molecule has 0 unspecified atom stereocenters. The molecule has 0 radical (unpaired) electrons. The second-order valence-electron chi connectivity index (χ2n) is 3.35. The molecule has 0 aromatic heterocycles. The van der Waals surface area contributed by atoms with Gasteiger partial charge in [0.15, 0.2) is 0 Å². The lowest BCUT2D eigenvalue weighted by molar-refractivity contribution is 0.607. The van der Waals surface area contributed by atoms with Crippen molar-refractivity contribution in [3.8, 4) is 0 Å². The van der Waals surface area contributed by atoms with Crippen LogP contribution in [0, 0.1) is 11.7 Å². The third kappa shape index (κ3) is 2.59. The largest absolute Gasteiger partial charge is 0.206 e. The van der Waals surface area contributed by atoms with Crippen LogP contribution in [0.3, 0.4) is 0 Å². The molecule has 1 aromatic rings. The lowest BCUT2D eigenvalue weighted by Crippen LogP contribution is -1.94. The molecule has 0 heterocycles. The van der Waals surface area contributed by atoms with Crippen molar-refractivity contribution in [2.45, 2.75) is 20.3 Å². The van der Waals surface area contributed by atoms with E-state index in [0.717, 1.165) is 12.0 Å². The molecule has 0 N–H and O–H groups in total. The molecule has 0 spiro atoms. The fraction of sp³-hybridized carbons (Fsp3) is 0.400. The normalized spacial score (nSPS) is 10.8. The van der Waals surface area contributed by atoms with E-state index in [9.17, 15) is 4.39 Å². The van der Waals surface area contributed by atoms with Crippen LogP contribution < -0.4 is 0 Å². The molecule has 0 amide bonds. The quantitative estimate of drug-likeness (QED) is 0.726. The van der Waals surface area contributed by atoms with Crippen molar-refractivity contribution in [2.24, 2.45) is 5.92 Å². The maximum Gasteiger partial charge on any atom is 0.137 e.